The van der Waals surface area contributed by atoms with E-state index >= 15 is 0 Å². The Morgan fingerprint density at radius 3 is 2.55 bits per heavy atom. The summed E-state index contributed by atoms with van der Waals surface area (Å²) in [5.74, 6) is 2.38. The lowest BCUT2D eigenvalue weighted by atomic mass is 9.95. The third-order valence-electron chi connectivity index (χ3n) is 6.16. The van der Waals surface area contributed by atoms with Crippen LogP contribution in [0.3, 0.4) is 0 Å². The lowest BCUT2D eigenvalue weighted by Gasteiger charge is -2.21. The summed E-state index contributed by atoms with van der Waals surface area (Å²) >= 11 is 0. The lowest BCUT2D eigenvalue weighted by molar-refractivity contribution is 0.181. The Labute approximate surface area is 171 Å². The quantitative estimate of drug-likeness (QED) is 0.613. The van der Waals surface area contributed by atoms with Gasteiger partial charge >= 0.3 is 0 Å². The number of hydrogen-bond acceptors (Lipinski definition) is 4. The van der Waals surface area contributed by atoms with Crippen LogP contribution in [0.2, 0.25) is 0 Å². The molecule has 1 saturated carbocycles. The summed E-state index contributed by atoms with van der Waals surface area (Å²) in [5, 5.41) is 0. The fourth-order valence-corrected chi connectivity index (χ4v) is 4.60. The Hall–Kier alpha value is -2.66. The van der Waals surface area contributed by atoms with Crippen molar-refractivity contribution in [3.63, 3.8) is 0 Å². The molecule has 0 spiro atoms. The molecule has 0 bridgehead atoms. The summed E-state index contributed by atoms with van der Waals surface area (Å²) < 4.78 is 14.3. The van der Waals surface area contributed by atoms with E-state index in [-0.39, 0.29) is 6.04 Å². The minimum absolute atomic E-state index is 0.287. The van der Waals surface area contributed by atoms with E-state index in [4.69, 9.17) is 9.47 Å². The maximum absolute atomic E-state index is 6.11. The molecule has 2 fully saturated rings. The molecule has 2 aliphatic rings. The third-order valence-corrected chi connectivity index (χ3v) is 6.16. The molecule has 0 amide bonds. The zero-order valence-electron chi connectivity index (χ0n) is 16.6. The molecular weight excluding hydrogens is 362 g/mol. The fourth-order valence-electron chi connectivity index (χ4n) is 4.60. The highest BCUT2D eigenvalue weighted by Gasteiger charge is 2.31. The first-order valence-electron chi connectivity index (χ1n) is 10.6. The van der Waals surface area contributed by atoms with E-state index in [9.17, 15) is 0 Å². The molecular formula is C24H27N3O2. The number of pyridine rings is 1. The SMILES string of the molecule is c1cc(C[C@@H]2COC[C@H]2n2ccnc2-c2ccc(OC3CCCC3)cc2)ccn1. The van der Waals surface area contributed by atoms with Crippen LogP contribution in [0.4, 0.5) is 0 Å². The largest absolute Gasteiger partial charge is 0.490 e. The summed E-state index contributed by atoms with van der Waals surface area (Å²) in [7, 11) is 0. The molecule has 29 heavy (non-hydrogen) atoms. The molecule has 3 heterocycles. The zero-order chi connectivity index (χ0) is 19.5. The molecule has 2 aromatic heterocycles. The summed E-state index contributed by atoms with van der Waals surface area (Å²) in [5.41, 5.74) is 2.42. The molecule has 0 N–H and O–H groups in total. The molecule has 1 aliphatic carbocycles. The molecule has 1 aromatic carbocycles. The van der Waals surface area contributed by atoms with Gasteiger partial charge in [0, 0.05) is 36.3 Å². The number of aromatic nitrogens is 3. The highest BCUT2D eigenvalue weighted by Crippen LogP contribution is 2.33. The van der Waals surface area contributed by atoms with Gasteiger partial charge in [0.1, 0.15) is 11.6 Å². The first kappa shape index (κ1) is 18.4. The van der Waals surface area contributed by atoms with Crippen molar-refractivity contribution in [2.75, 3.05) is 13.2 Å². The van der Waals surface area contributed by atoms with Gasteiger partial charge in [-0.1, -0.05) is 0 Å². The number of hydrogen-bond donors (Lipinski definition) is 0. The van der Waals surface area contributed by atoms with E-state index < -0.39 is 0 Å². The molecule has 150 valence electrons. The van der Waals surface area contributed by atoms with Gasteiger partial charge in [0.15, 0.2) is 0 Å². The van der Waals surface area contributed by atoms with Crippen LogP contribution < -0.4 is 4.74 Å². The molecule has 1 aliphatic heterocycles. The van der Waals surface area contributed by atoms with Gasteiger partial charge in [-0.05, 0) is 74.1 Å². The van der Waals surface area contributed by atoms with Crippen LogP contribution in [0.5, 0.6) is 5.75 Å². The van der Waals surface area contributed by atoms with E-state index in [0.717, 1.165) is 36.8 Å². The van der Waals surface area contributed by atoms with Crippen LogP contribution >= 0.6 is 0 Å². The van der Waals surface area contributed by atoms with Gasteiger partial charge in [-0.2, -0.15) is 0 Å². The fraction of sp³-hybridized carbons (Fsp3) is 0.417. The first-order chi connectivity index (χ1) is 14.4. The average molecular weight is 389 g/mol. The molecule has 0 unspecified atom stereocenters. The van der Waals surface area contributed by atoms with Crippen molar-refractivity contribution in [1.82, 2.24) is 14.5 Å². The van der Waals surface area contributed by atoms with E-state index in [1.54, 1.807) is 0 Å². The molecule has 0 radical (unpaired) electrons. The molecule has 1 saturated heterocycles. The smallest absolute Gasteiger partial charge is 0.140 e. The van der Waals surface area contributed by atoms with Crippen molar-refractivity contribution in [1.29, 1.82) is 0 Å². The van der Waals surface area contributed by atoms with E-state index in [0.29, 0.717) is 12.0 Å². The minimum atomic E-state index is 0.287. The van der Waals surface area contributed by atoms with E-state index in [1.807, 2.05) is 18.6 Å². The summed E-state index contributed by atoms with van der Waals surface area (Å²) in [6.07, 6.45) is 14.0. The van der Waals surface area contributed by atoms with Gasteiger partial charge < -0.3 is 14.0 Å². The van der Waals surface area contributed by atoms with Crippen LogP contribution in [0.15, 0.2) is 61.2 Å². The predicted molar refractivity (Wildman–Crippen MR) is 112 cm³/mol. The van der Waals surface area contributed by atoms with Crippen molar-refractivity contribution in [3.05, 3.63) is 66.7 Å². The standard InChI is InChI=1S/C24H27N3O2/c1-2-4-21(3-1)29-22-7-5-19(6-8-22)24-26-13-14-27(24)23-17-28-16-20(23)15-18-9-11-25-12-10-18/h5-14,20-21,23H,1-4,15-17H2/t20-,23-/m1/s1. The van der Waals surface area contributed by atoms with E-state index in [2.05, 4.69) is 57.1 Å². The molecule has 5 heteroatoms. The Morgan fingerprint density at radius 1 is 0.966 bits per heavy atom. The van der Waals surface area contributed by atoms with Crippen LogP contribution in [0, 0.1) is 5.92 Å². The predicted octanol–water partition coefficient (Wildman–Crippen LogP) is 4.70. The Kier molecular flexibility index (Phi) is 5.31. The van der Waals surface area contributed by atoms with Crippen LogP contribution in [-0.2, 0) is 11.2 Å². The second-order valence-corrected chi connectivity index (χ2v) is 8.13. The van der Waals surface area contributed by atoms with Gasteiger partial charge in [-0.15, -0.1) is 0 Å². The topological polar surface area (TPSA) is 49.2 Å². The zero-order valence-corrected chi connectivity index (χ0v) is 16.6. The van der Waals surface area contributed by atoms with Crippen molar-refractivity contribution >= 4 is 0 Å². The average Bonchev–Trinajstić information content (AvgIpc) is 3.51. The molecule has 3 aromatic rings. The summed E-state index contributed by atoms with van der Waals surface area (Å²) in [4.78, 5) is 8.79. The second kappa shape index (κ2) is 8.37. The van der Waals surface area contributed by atoms with E-state index in [1.165, 1.54) is 31.2 Å². The molecule has 2 atom stereocenters. The van der Waals surface area contributed by atoms with Gasteiger partial charge in [-0.25, -0.2) is 4.98 Å². The normalized spacial score (nSPS) is 22.2. The van der Waals surface area contributed by atoms with Crippen molar-refractivity contribution in [2.24, 2.45) is 5.92 Å². The summed E-state index contributed by atoms with van der Waals surface area (Å²) in [6, 6.07) is 12.9. The van der Waals surface area contributed by atoms with Gasteiger partial charge in [-0.3, -0.25) is 4.98 Å². The maximum Gasteiger partial charge on any atom is 0.140 e. The maximum atomic E-state index is 6.11. The monoisotopic (exact) mass is 389 g/mol. The van der Waals surface area contributed by atoms with Gasteiger partial charge in [0.05, 0.1) is 25.4 Å². The second-order valence-electron chi connectivity index (χ2n) is 8.13. The molecule has 5 nitrogen and oxygen atoms in total. The van der Waals surface area contributed by atoms with Crippen LogP contribution in [0.25, 0.3) is 11.4 Å². The minimum Gasteiger partial charge on any atom is -0.490 e. The lowest BCUT2D eigenvalue weighted by Crippen LogP contribution is -2.20. The van der Waals surface area contributed by atoms with Crippen molar-refractivity contribution in [3.8, 4) is 17.1 Å². The number of benzene rings is 1. The number of imidazole rings is 1. The van der Waals surface area contributed by atoms with Crippen LogP contribution in [0.1, 0.15) is 37.3 Å². The van der Waals surface area contributed by atoms with Gasteiger partial charge in [0.25, 0.3) is 0 Å². The molecule has 5 rings (SSSR count). The van der Waals surface area contributed by atoms with Crippen molar-refractivity contribution in [2.45, 2.75) is 44.2 Å². The van der Waals surface area contributed by atoms with Crippen molar-refractivity contribution < 1.29 is 9.47 Å². The number of nitrogens with zero attached hydrogens (tertiary/aromatic N) is 3. The first-order valence-corrected chi connectivity index (χ1v) is 10.6. The Bertz CT molecular complexity index is 917. The highest BCUT2D eigenvalue weighted by molar-refractivity contribution is 5.57. The number of ether oxygens (including phenoxy) is 2. The third kappa shape index (κ3) is 4.06. The highest BCUT2D eigenvalue weighted by atomic mass is 16.5. The van der Waals surface area contributed by atoms with Gasteiger partial charge in [0.2, 0.25) is 0 Å². The summed E-state index contributed by atoms with van der Waals surface area (Å²) in [6.45, 7) is 1.50. The Balaban J connectivity index is 1.33. The Morgan fingerprint density at radius 2 is 1.76 bits per heavy atom. The van der Waals surface area contributed by atoms with Crippen LogP contribution in [-0.4, -0.2) is 33.9 Å². The number of rotatable bonds is 6.